The molecular formula is C8H9ClN2O2. The lowest BCUT2D eigenvalue weighted by atomic mass is 10.4. The highest BCUT2D eigenvalue weighted by molar-refractivity contribution is 6.30. The number of anilines is 1. The monoisotopic (exact) mass is 200 g/mol. The van der Waals surface area contributed by atoms with Crippen molar-refractivity contribution in [3.8, 4) is 0 Å². The van der Waals surface area contributed by atoms with E-state index in [4.69, 9.17) is 16.7 Å². The van der Waals surface area contributed by atoms with Crippen molar-refractivity contribution in [2.45, 2.75) is 6.42 Å². The summed E-state index contributed by atoms with van der Waals surface area (Å²) in [5, 5.41) is 11.8. The fourth-order valence-corrected chi connectivity index (χ4v) is 0.996. The fourth-order valence-electron chi connectivity index (χ4n) is 0.822. The zero-order valence-corrected chi connectivity index (χ0v) is 7.58. The van der Waals surface area contributed by atoms with Crippen LogP contribution >= 0.6 is 11.6 Å². The van der Waals surface area contributed by atoms with Crippen molar-refractivity contribution in [1.82, 2.24) is 4.98 Å². The Hall–Kier alpha value is -1.29. The average molecular weight is 201 g/mol. The van der Waals surface area contributed by atoms with Crippen molar-refractivity contribution in [1.29, 1.82) is 0 Å². The Morgan fingerprint density at radius 1 is 1.62 bits per heavy atom. The minimum absolute atomic E-state index is 0.0759. The number of aromatic nitrogens is 1. The number of halogens is 1. The Balaban J connectivity index is 2.41. The van der Waals surface area contributed by atoms with Gasteiger partial charge in [-0.1, -0.05) is 11.6 Å². The van der Waals surface area contributed by atoms with E-state index in [1.54, 1.807) is 12.3 Å². The Morgan fingerprint density at radius 2 is 2.38 bits per heavy atom. The van der Waals surface area contributed by atoms with Crippen molar-refractivity contribution >= 4 is 23.3 Å². The minimum atomic E-state index is -0.831. The van der Waals surface area contributed by atoms with Gasteiger partial charge in [0.25, 0.3) is 0 Å². The Morgan fingerprint density at radius 3 is 3.00 bits per heavy atom. The molecule has 0 saturated carbocycles. The highest BCUT2D eigenvalue weighted by atomic mass is 35.5. The molecule has 1 rings (SSSR count). The van der Waals surface area contributed by atoms with Crippen LogP contribution in [0, 0.1) is 0 Å². The standard InChI is InChI=1S/C8H9ClN2O2/c9-6-3-7(5-10-4-6)11-2-1-8(12)13/h3-5,11H,1-2H2,(H,12,13). The molecule has 13 heavy (non-hydrogen) atoms. The molecule has 0 spiro atoms. The smallest absolute Gasteiger partial charge is 0.305 e. The number of nitrogens with one attached hydrogen (secondary N) is 1. The molecule has 1 aromatic heterocycles. The van der Waals surface area contributed by atoms with Crippen LogP contribution in [0.5, 0.6) is 0 Å². The summed E-state index contributed by atoms with van der Waals surface area (Å²) in [4.78, 5) is 14.0. The first-order valence-electron chi connectivity index (χ1n) is 3.74. The zero-order chi connectivity index (χ0) is 9.68. The average Bonchev–Trinajstić information content (AvgIpc) is 2.03. The maximum atomic E-state index is 10.2. The summed E-state index contributed by atoms with van der Waals surface area (Å²) >= 11 is 5.67. The minimum Gasteiger partial charge on any atom is -0.481 e. The van der Waals surface area contributed by atoms with Gasteiger partial charge in [-0.3, -0.25) is 9.78 Å². The highest BCUT2D eigenvalue weighted by Gasteiger charge is 1.97. The number of pyridine rings is 1. The third kappa shape index (κ3) is 3.75. The van der Waals surface area contributed by atoms with Crippen molar-refractivity contribution in [3.63, 3.8) is 0 Å². The van der Waals surface area contributed by atoms with Crippen LogP contribution in [0.4, 0.5) is 5.69 Å². The largest absolute Gasteiger partial charge is 0.481 e. The number of hydrogen-bond donors (Lipinski definition) is 2. The van der Waals surface area contributed by atoms with Crippen LogP contribution in [0.25, 0.3) is 0 Å². The second-order valence-electron chi connectivity index (χ2n) is 2.46. The molecule has 0 aliphatic heterocycles. The topological polar surface area (TPSA) is 62.2 Å². The normalized spacial score (nSPS) is 9.62. The number of carbonyl (C=O) groups is 1. The molecule has 1 heterocycles. The third-order valence-corrected chi connectivity index (χ3v) is 1.58. The summed E-state index contributed by atoms with van der Waals surface area (Å²) < 4.78 is 0. The molecule has 5 heteroatoms. The van der Waals surface area contributed by atoms with Crippen LogP contribution in [0.1, 0.15) is 6.42 Å². The lowest BCUT2D eigenvalue weighted by Gasteiger charge is -2.03. The molecule has 0 aliphatic rings. The summed E-state index contributed by atoms with van der Waals surface area (Å²) in [5.74, 6) is -0.831. The zero-order valence-electron chi connectivity index (χ0n) is 6.83. The van der Waals surface area contributed by atoms with Gasteiger partial charge in [-0.15, -0.1) is 0 Å². The molecule has 0 radical (unpaired) electrons. The molecular weight excluding hydrogens is 192 g/mol. The third-order valence-electron chi connectivity index (χ3n) is 1.37. The van der Waals surface area contributed by atoms with Gasteiger partial charge in [0.15, 0.2) is 0 Å². The van der Waals surface area contributed by atoms with E-state index < -0.39 is 5.97 Å². The van der Waals surface area contributed by atoms with E-state index in [-0.39, 0.29) is 6.42 Å². The number of aliphatic carboxylic acids is 1. The number of rotatable bonds is 4. The van der Waals surface area contributed by atoms with E-state index in [0.717, 1.165) is 5.69 Å². The SMILES string of the molecule is O=C(O)CCNc1cncc(Cl)c1. The molecule has 0 atom stereocenters. The summed E-state index contributed by atoms with van der Waals surface area (Å²) in [6.07, 6.45) is 3.18. The van der Waals surface area contributed by atoms with Crippen LogP contribution in [0.15, 0.2) is 18.5 Å². The number of hydrogen-bond acceptors (Lipinski definition) is 3. The van der Waals surface area contributed by atoms with Crippen molar-refractivity contribution in [3.05, 3.63) is 23.5 Å². The quantitative estimate of drug-likeness (QED) is 0.776. The summed E-state index contributed by atoms with van der Waals surface area (Å²) in [7, 11) is 0. The number of carboxylic acid groups (broad SMARTS) is 1. The first-order valence-corrected chi connectivity index (χ1v) is 4.12. The summed E-state index contributed by atoms with van der Waals surface area (Å²) in [6.45, 7) is 0.372. The van der Waals surface area contributed by atoms with E-state index in [9.17, 15) is 4.79 Å². The predicted molar refractivity (Wildman–Crippen MR) is 50.0 cm³/mol. The molecule has 0 bridgehead atoms. The van der Waals surface area contributed by atoms with E-state index >= 15 is 0 Å². The van der Waals surface area contributed by atoms with Gasteiger partial charge in [0.2, 0.25) is 0 Å². The van der Waals surface area contributed by atoms with Gasteiger partial charge in [0.1, 0.15) is 0 Å². The van der Waals surface area contributed by atoms with Gasteiger partial charge >= 0.3 is 5.97 Å². The highest BCUT2D eigenvalue weighted by Crippen LogP contribution is 2.12. The lowest BCUT2D eigenvalue weighted by Crippen LogP contribution is -2.07. The van der Waals surface area contributed by atoms with E-state index in [0.29, 0.717) is 11.6 Å². The van der Waals surface area contributed by atoms with Crippen LogP contribution in [0.2, 0.25) is 5.02 Å². The lowest BCUT2D eigenvalue weighted by molar-refractivity contribution is -0.136. The van der Waals surface area contributed by atoms with Crippen molar-refractivity contribution < 1.29 is 9.90 Å². The molecule has 1 aromatic rings. The van der Waals surface area contributed by atoms with Gasteiger partial charge in [-0.05, 0) is 6.07 Å². The van der Waals surface area contributed by atoms with E-state index in [2.05, 4.69) is 10.3 Å². The molecule has 0 aromatic carbocycles. The van der Waals surface area contributed by atoms with Crippen molar-refractivity contribution in [2.75, 3.05) is 11.9 Å². The molecule has 0 fully saturated rings. The summed E-state index contributed by atoms with van der Waals surface area (Å²) in [6, 6.07) is 1.69. The van der Waals surface area contributed by atoms with Crippen LogP contribution < -0.4 is 5.32 Å². The fraction of sp³-hybridized carbons (Fsp3) is 0.250. The molecule has 0 amide bonds. The molecule has 4 nitrogen and oxygen atoms in total. The second kappa shape index (κ2) is 4.67. The molecule has 0 saturated heterocycles. The second-order valence-corrected chi connectivity index (χ2v) is 2.90. The molecule has 0 aliphatic carbocycles. The number of carboxylic acids is 1. The molecule has 70 valence electrons. The van der Waals surface area contributed by atoms with Gasteiger partial charge in [-0.25, -0.2) is 0 Å². The van der Waals surface area contributed by atoms with Crippen LogP contribution in [-0.4, -0.2) is 22.6 Å². The first kappa shape index (κ1) is 9.80. The Kier molecular flexibility index (Phi) is 3.52. The Labute approximate surface area is 80.6 Å². The van der Waals surface area contributed by atoms with Gasteiger partial charge in [0, 0.05) is 12.7 Å². The van der Waals surface area contributed by atoms with Gasteiger partial charge < -0.3 is 10.4 Å². The van der Waals surface area contributed by atoms with Crippen LogP contribution in [0.3, 0.4) is 0 Å². The van der Waals surface area contributed by atoms with Crippen LogP contribution in [-0.2, 0) is 4.79 Å². The Bertz CT molecular complexity index is 304. The predicted octanol–water partition coefficient (Wildman–Crippen LogP) is 1.62. The van der Waals surface area contributed by atoms with Gasteiger partial charge in [-0.2, -0.15) is 0 Å². The van der Waals surface area contributed by atoms with E-state index in [1.807, 2.05) is 0 Å². The maximum absolute atomic E-state index is 10.2. The first-order chi connectivity index (χ1) is 6.18. The van der Waals surface area contributed by atoms with E-state index in [1.165, 1.54) is 6.20 Å². The van der Waals surface area contributed by atoms with Crippen molar-refractivity contribution in [2.24, 2.45) is 0 Å². The number of nitrogens with zero attached hydrogens (tertiary/aromatic N) is 1. The van der Waals surface area contributed by atoms with Gasteiger partial charge in [0.05, 0.1) is 23.3 Å². The molecule has 0 unspecified atom stereocenters. The summed E-state index contributed by atoms with van der Waals surface area (Å²) in [5.41, 5.74) is 0.730. The molecule has 2 N–H and O–H groups in total. The maximum Gasteiger partial charge on any atom is 0.305 e.